The van der Waals surface area contributed by atoms with Crippen molar-refractivity contribution in [2.24, 2.45) is 11.1 Å². The smallest absolute Gasteiger partial charge is 0.252 e. The molecule has 4 rings (SSSR count). The van der Waals surface area contributed by atoms with E-state index in [0.29, 0.717) is 16.8 Å². The van der Waals surface area contributed by atoms with E-state index in [0.717, 1.165) is 35.2 Å². The van der Waals surface area contributed by atoms with E-state index in [-0.39, 0.29) is 11.5 Å². The Balaban J connectivity index is 1.61. The lowest BCUT2D eigenvalue weighted by Gasteiger charge is -2.46. The highest BCUT2D eigenvalue weighted by atomic mass is 79.9. The summed E-state index contributed by atoms with van der Waals surface area (Å²) in [5.41, 5.74) is 9.24. The Bertz CT molecular complexity index is 1140. The van der Waals surface area contributed by atoms with Gasteiger partial charge in [-0.25, -0.2) is 4.52 Å². The molecule has 1 fully saturated rings. The molecule has 0 unspecified atom stereocenters. The maximum atomic E-state index is 12.1. The van der Waals surface area contributed by atoms with Crippen LogP contribution in [0, 0.1) is 16.7 Å². The number of carbonyl (C=O) groups excluding carboxylic acids is 1. The molecule has 1 atom stereocenters. The molecule has 30 heavy (non-hydrogen) atoms. The molecule has 3 aromatic rings. The average molecular weight is 467 g/mol. The molecule has 154 valence electrons. The zero-order valence-corrected chi connectivity index (χ0v) is 18.5. The van der Waals surface area contributed by atoms with Crippen LogP contribution in [-0.2, 0) is 0 Å². The van der Waals surface area contributed by atoms with Gasteiger partial charge in [-0.05, 0) is 52.7 Å². The highest BCUT2D eigenvalue weighted by Gasteiger charge is 2.37. The summed E-state index contributed by atoms with van der Waals surface area (Å²) >= 11 is 3.48. The first kappa shape index (κ1) is 20.2. The van der Waals surface area contributed by atoms with Crippen molar-refractivity contribution >= 4 is 38.7 Å². The fraction of sp³-hybridized carbons (Fsp3) is 0.318. The normalized spacial score (nSPS) is 18.2. The van der Waals surface area contributed by atoms with Gasteiger partial charge in [-0.2, -0.15) is 10.4 Å². The number of rotatable bonds is 4. The van der Waals surface area contributed by atoms with Gasteiger partial charge in [0.2, 0.25) is 0 Å². The standard InChI is InChI=1S/C22H23BrN6O/c1-22(2)13-28(16-5-3-14(10-24)4-6-16)8-7-19(22)27-20-17(21(25)30)11-26-29-12-15(23)9-18(20)29/h3-6,9,11-12,19,27H,7-8,13H2,1-2H3,(H2,25,30)/t19-/m1/s1. The minimum absolute atomic E-state index is 0.0782. The monoisotopic (exact) mass is 466 g/mol. The Morgan fingerprint density at radius 2 is 2.10 bits per heavy atom. The first-order valence-electron chi connectivity index (χ1n) is 9.77. The van der Waals surface area contributed by atoms with Crippen LogP contribution in [0.4, 0.5) is 11.4 Å². The number of carbonyl (C=O) groups is 1. The Morgan fingerprint density at radius 3 is 2.73 bits per heavy atom. The van der Waals surface area contributed by atoms with E-state index in [1.54, 1.807) is 4.52 Å². The molecule has 0 radical (unpaired) electrons. The van der Waals surface area contributed by atoms with Crippen LogP contribution in [0.25, 0.3) is 5.52 Å². The highest BCUT2D eigenvalue weighted by molar-refractivity contribution is 9.10. The first-order valence-corrected chi connectivity index (χ1v) is 10.6. The van der Waals surface area contributed by atoms with Crippen LogP contribution in [-0.4, -0.2) is 34.7 Å². The second-order valence-corrected chi connectivity index (χ2v) is 9.26. The van der Waals surface area contributed by atoms with Gasteiger partial charge in [0.15, 0.2) is 0 Å². The number of hydrogen-bond acceptors (Lipinski definition) is 5. The van der Waals surface area contributed by atoms with E-state index in [1.165, 1.54) is 6.20 Å². The lowest BCUT2D eigenvalue weighted by Crippen LogP contribution is -2.52. The van der Waals surface area contributed by atoms with Crippen LogP contribution in [0.3, 0.4) is 0 Å². The predicted octanol–water partition coefficient (Wildman–Crippen LogP) is 3.78. The molecular weight excluding hydrogens is 444 g/mol. The van der Waals surface area contributed by atoms with Crippen molar-refractivity contribution in [1.82, 2.24) is 9.61 Å². The average Bonchev–Trinajstić information content (AvgIpc) is 3.09. The second kappa shape index (κ2) is 7.65. The van der Waals surface area contributed by atoms with Crippen molar-refractivity contribution in [3.63, 3.8) is 0 Å². The zero-order chi connectivity index (χ0) is 21.5. The van der Waals surface area contributed by atoms with Crippen LogP contribution < -0.4 is 16.0 Å². The van der Waals surface area contributed by atoms with Gasteiger partial charge in [-0.3, -0.25) is 4.79 Å². The Labute approximate surface area is 183 Å². The maximum absolute atomic E-state index is 12.1. The molecule has 3 N–H and O–H groups in total. The van der Waals surface area contributed by atoms with Crippen molar-refractivity contribution in [2.75, 3.05) is 23.3 Å². The van der Waals surface area contributed by atoms with E-state index in [4.69, 9.17) is 11.0 Å². The van der Waals surface area contributed by atoms with E-state index >= 15 is 0 Å². The minimum atomic E-state index is -0.502. The first-order chi connectivity index (χ1) is 14.3. The molecule has 0 saturated carbocycles. The molecule has 0 bridgehead atoms. The molecule has 1 saturated heterocycles. The van der Waals surface area contributed by atoms with Crippen LogP contribution in [0.5, 0.6) is 0 Å². The zero-order valence-electron chi connectivity index (χ0n) is 16.9. The van der Waals surface area contributed by atoms with E-state index < -0.39 is 5.91 Å². The quantitative estimate of drug-likeness (QED) is 0.609. The van der Waals surface area contributed by atoms with Crippen molar-refractivity contribution in [3.8, 4) is 6.07 Å². The molecule has 0 aliphatic carbocycles. The number of benzene rings is 1. The van der Waals surface area contributed by atoms with Crippen LogP contribution in [0.1, 0.15) is 36.2 Å². The summed E-state index contributed by atoms with van der Waals surface area (Å²) in [6, 6.07) is 11.9. The third-order valence-corrected chi connectivity index (χ3v) is 6.21. The summed E-state index contributed by atoms with van der Waals surface area (Å²) in [4.78, 5) is 14.4. The number of aromatic nitrogens is 2. The summed E-state index contributed by atoms with van der Waals surface area (Å²) in [6.07, 6.45) is 4.26. The van der Waals surface area contributed by atoms with Gasteiger partial charge in [0, 0.05) is 40.9 Å². The van der Waals surface area contributed by atoms with E-state index in [2.05, 4.69) is 51.2 Å². The van der Waals surface area contributed by atoms with Crippen LogP contribution in [0.2, 0.25) is 0 Å². The van der Waals surface area contributed by atoms with Gasteiger partial charge in [-0.1, -0.05) is 13.8 Å². The van der Waals surface area contributed by atoms with Crippen molar-refractivity contribution < 1.29 is 4.79 Å². The number of hydrogen-bond donors (Lipinski definition) is 2. The van der Waals surface area contributed by atoms with Gasteiger partial charge in [0.1, 0.15) is 0 Å². The number of fused-ring (bicyclic) bond motifs is 1. The summed E-state index contributed by atoms with van der Waals surface area (Å²) in [5.74, 6) is -0.502. The molecule has 1 aliphatic rings. The lowest BCUT2D eigenvalue weighted by molar-refractivity contribution is 0.100. The Morgan fingerprint density at radius 1 is 1.37 bits per heavy atom. The van der Waals surface area contributed by atoms with Gasteiger partial charge in [-0.15, -0.1) is 0 Å². The molecule has 1 aromatic carbocycles. The molecule has 7 nitrogen and oxygen atoms in total. The number of amides is 1. The lowest BCUT2D eigenvalue weighted by atomic mass is 9.78. The molecule has 8 heteroatoms. The Hall–Kier alpha value is -3.05. The molecule has 3 heterocycles. The van der Waals surface area contributed by atoms with Crippen molar-refractivity contribution in [1.29, 1.82) is 5.26 Å². The number of nitriles is 1. The predicted molar refractivity (Wildman–Crippen MR) is 121 cm³/mol. The SMILES string of the molecule is CC1(C)CN(c2ccc(C#N)cc2)CC[C@H]1Nc1c(C(N)=O)cnn2cc(Br)cc12. The van der Waals surface area contributed by atoms with E-state index in [9.17, 15) is 4.79 Å². The fourth-order valence-corrected chi connectivity index (χ4v) is 4.54. The summed E-state index contributed by atoms with van der Waals surface area (Å²) in [6.45, 7) is 6.15. The Kier molecular flexibility index (Phi) is 5.16. The van der Waals surface area contributed by atoms with Crippen LogP contribution in [0.15, 0.2) is 47.2 Å². The summed E-state index contributed by atoms with van der Waals surface area (Å²) in [7, 11) is 0. The third kappa shape index (κ3) is 3.73. The summed E-state index contributed by atoms with van der Waals surface area (Å²) in [5, 5.41) is 16.9. The minimum Gasteiger partial charge on any atom is -0.379 e. The number of primary amides is 1. The number of anilines is 2. The van der Waals surface area contributed by atoms with Crippen molar-refractivity contribution in [2.45, 2.75) is 26.3 Å². The largest absolute Gasteiger partial charge is 0.379 e. The number of nitrogens with one attached hydrogen (secondary N) is 1. The molecule has 2 aromatic heterocycles. The number of piperidine rings is 1. The van der Waals surface area contributed by atoms with Gasteiger partial charge in [0.05, 0.1) is 34.6 Å². The number of halogens is 1. The van der Waals surface area contributed by atoms with E-state index in [1.807, 2.05) is 36.5 Å². The third-order valence-electron chi connectivity index (χ3n) is 5.78. The van der Waals surface area contributed by atoms with Crippen LogP contribution >= 0.6 is 15.9 Å². The van der Waals surface area contributed by atoms with Crippen molar-refractivity contribution in [3.05, 3.63) is 58.3 Å². The second-order valence-electron chi connectivity index (χ2n) is 8.34. The molecular formula is C22H23BrN6O. The van der Waals surface area contributed by atoms with Gasteiger partial charge < -0.3 is 16.0 Å². The fourth-order valence-electron chi connectivity index (χ4n) is 4.13. The summed E-state index contributed by atoms with van der Waals surface area (Å²) < 4.78 is 2.62. The number of nitrogens with zero attached hydrogens (tertiary/aromatic N) is 4. The highest BCUT2D eigenvalue weighted by Crippen LogP contribution is 2.36. The molecule has 1 aliphatic heterocycles. The topological polar surface area (TPSA) is 99.5 Å². The number of nitrogens with two attached hydrogens (primary N) is 1. The molecule has 0 spiro atoms. The molecule has 1 amide bonds. The van der Waals surface area contributed by atoms with Gasteiger partial charge in [0.25, 0.3) is 5.91 Å². The van der Waals surface area contributed by atoms with Gasteiger partial charge >= 0.3 is 0 Å². The maximum Gasteiger partial charge on any atom is 0.252 e.